The van der Waals surface area contributed by atoms with Crippen molar-refractivity contribution < 1.29 is 5.11 Å². The number of aliphatic hydroxyl groups excluding tert-OH is 1. The maximum Gasteiger partial charge on any atom is 0.121 e. The highest BCUT2D eigenvalue weighted by Gasteiger charge is 2.16. The SMILES string of the molecule is CC(C)c1ccccc1[C@H](O)c1ccccn1. The van der Waals surface area contributed by atoms with Gasteiger partial charge in [0.25, 0.3) is 0 Å². The van der Waals surface area contributed by atoms with E-state index in [0.29, 0.717) is 11.6 Å². The van der Waals surface area contributed by atoms with Crippen LogP contribution in [-0.2, 0) is 0 Å². The van der Waals surface area contributed by atoms with E-state index in [-0.39, 0.29) is 0 Å². The summed E-state index contributed by atoms with van der Waals surface area (Å²) in [6.07, 6.45) is 1.06. The molecule has 1 aromatic heterocycles. The van der Waals surface area contributed by atoms with Gasteiger partial charge in [-0.3, -0.25) is 4.98 Å². The molecule has 0 fully saturated rings. The molecule has 1 heterocycles. The molecule has 17 heavy (non-hydrogen) atoms. The van der Waals surface area contributed by atoms with Crippen LogP contribution >= 0.6 is 0 Å². The Hall–Kier alpha value is -1.67. The van der Waals surface area contributed by atoms with Crippen molar-refractivity contribution in [1.82, 2.24) is 4.98 Å². The van der Waals surface area contributed by atoms with Gasteiger partial charge in [0.05, 0.1) is 5.69 Å². The lowest BCUT2D eigenvalue weighted by atomic mass is 9.93. The molecule has 2 rings (SSSR count). The first-order valence-corrected chi connectivity index (χ1v) is 5.88. The lowest BCUT2D eigenvalue weighted by Gasteiger charge is -2.17. The molecule has 0 saturated heterocycles. The molecule has 1 aromatic carbocycles. The Labute approximate surface area is 102 Å². The predicted octanol–water partition coefficient (Wildman–Crippen LogP) is 3.29. The van der Waals surface area contributed by atoms with Crippen LogP contribution < -0.4 is 0 Å². The standard InChI is InChI=1S/C15H17NO/c1-11(2)12-7-3-4-8-13(12)15(17)14-9-5-6-10-16-14/h3-11,15,17H,1-2H3/t15-/m0/s1. The number of rotatable bonds is 3. The Bertz CT molecular complexity index is 479. The van der Waals surface area contributed by atoms with Crippen LogP contribution in [0.15, 0.2) is 48.7 Å². The van der Waals surface area contributed by atoms with Crippen molar-refractivity contribution in [1.29, 1.82) is 0 Å². The number of hydrogen-bond donors (Lipinski definition) is 1. The minimum absolute atomic E-state index is 0.393. The number of benzene rings is 1. The van der Waals surface area contributed by atoms with Crippen LogP contribution in [0.25, 0.3) is 0 Å². The zero-order valence-corrected chi connectivity index (χ0v) is 10.2. The van der Waals surface area contributed by atoms with E-state index in [0.717, 1.165) is 5.56 Å². The quantitative estimate of drug-likeness (QED) is 0.872. The van der Waals surface area contributed by atoms with Crippen LogP contribution in [0.4, 0.5) is 0 Å². The maximum absolute atomic E-state index is 10.4. The van der Waals surface area contributed by atoms with Gasteiger partial charge in [-0.05, 0) is 29.2 Å². The van der Waals surface area contributed by atoms with Crippen LogP contribution in [0.3, 0.4) is 0 Å². The molecule has 0 unspecified atom stereocenters. The van der Waals surface area contributed by atoms with E-state index in [4.69, 9.17) is 0 Å². The third kappa shape index (κ3) is 2.53. The van der Waals surface area contributed by atoms with Crippen LogP contribution in [-0.4, -0.2) is 10.1 Å². The van der Waals surface area contributed by atoms with Gasteiger partial charge in [0.2, 0.25) is 0 Å². The van der Waals surface area contributed by atoms with Crippen LogP contribution in [0.2, 0.25) is 0 Å². The fraction of sp³-hybridized carbons (Fsp3) is 0.267. The summed E-state index contributed by atoms with van der Waals surface area (Å²) in [7, 11) is 0. The normalized spacial score (nSPS) is 12.7. The third-order valence-corrected chi connectivity index (χ3v) is 2.88. The number of pyridine rings is 1. The molecule has 0 aliphatic heterocycles. The van der Waals surface area contributed by atoms with Crippen molar-refractivity contribution in [3.63, 3.8) is 0 Å². The number of aliphatic hydroxyl groups is 1. The summed E-state index contributed by atoms with van der Waals surface area (Å²) < 4.78 is 0. The summed E-state index contributed by atoms with van der Waals surface area (Å²) in [6.45, 7) is 4.26. The molecular formula is C15H17NO. The number of hydrogen-bond acceptors (Lipinski definition) is 2. The molecule has 2 nitrogen and oxygen atoms in total. The second kappa shape index (κ2) is 5.11. The average Bonchev–Trinajstić information content (AvgIpc) is 2.39. The van der Waals surface area contributed by atoms with Gasteiger partial charge in [-0.15, -0.1) is 0 Å². The van der Waals surface area contributed by atoms with Crippen molar-refractivity contribution >= 4 is 0 Å². The molecule has 0 aliphatic carbocycles. The summed E-state index contributed by atoms with van der Waals surface area (Å²) in [6, 6.07) is 13.6. The molecule has 0 aliphatic rings. The van der Waals surface area contributed by atoms with E-state index in [1.807, 2.05) is 36.4 Å². The van der Waals surface area contributed by atoms with Gasteiger partial charge in [-0.2, -0.15) is 0 Å². The molecule has 0 spiro atoms. The van der Waals surface area contributed by atoms with E-state index in [2.05, 4.69) is 24.9 Å². The molecule has 0 bridgehead atoms. The molecule has 88 valence electrons. The molecule has 2 aromatic rings. The Balaban J connectivity index is 2.41. The zero-order chi connectivity index (χ0) is 12.3. The van der Waals surface area contributed by atoms with Gasteiger partial charge in [-0.1, -0.05) is 44.2 Å². The monoisotopic (exact) mass is 227 g/mol. The highest BCUT2D eigenvalue weighted by Crippen LogP contribution is 2.28. The summed E-state index contributed by atoms with van der Waals surface area (Å²) in [4.78, 5) is 4.21. The molecule has 2 heteroatoms. The minimum Gasteiger partial charge on any atom is -0.382 e. The van der Waals surface area contributed by atoms with E-state index in [1.165, 1.54) is 5.56 Å². The van der Waals surface area contributed by atoms with E-state index < -0.39 is 6.10 Å². The minimum atomic E-state index is -0.644. The molecule has 1 N–H and O–H groups in total. The Morgan fingerprint density at radius 1 is 0.941 bits per heavy atom. The van der Waals surface area contributed by atoms with Gasteiger partial charge in [0, 0.05) is 6.20 Å². The summed E-state index contributed by atoms with van der Waals surface area (Å²) in [5.41, 5.74) is 2.81. The zero-order valence-electron chi connectivity index (χ0n) is 10.2. The first-order chi connectivity index (χ1) is 8.20. The molecular weight excluding hydrogens is 210 g/mol. The van der Waals surface area contributed by atoms with Gasteiger partial charge in [0.15, 0.2) is 0 Å². The van der Waals surface area contributed by atoms with Gasteiger partial charge >= 0.3 is 0 Å². The van der Waals surface area contributed by atoms with Crippen molar-refractivity contribution in [2.75, 3.05) is 0 Å². The Morgan fingerprint density at radius 3 is 2.18 bits per heavy atom. The average molecular weight is 227 g/mol. The number of nitrogens with zero attached hydrogens (tertiary/aromatic N) is 1. The Kier molecular flexibility index (Phi) is 3.55. The Morgan fingerprint density at radius 2 is 1.59 bits per heavy atom. The summed E-state index contributed by atoms with van der Waals surface area (Å²) in [5, 5.41) is 10.4. The van der Waals surface area contributed by atoms with Gasteiger partial charge in [-0.25, -0.2) is 0 Å². The largest absolute Gasteiger partial charge is 0.382 e. The highest BCUT2D eigenvalue weighted by molar-refractivity contribution is 5.35. The second-order valence-corrected chi connectivity index (χ2v) is 4.44. The second-order valence-electron chi connectivity index (χ2n) is 4.44. The fourth-order valence-electron chi connectivity index (χ4n) is 1.98. The van der Waals surface area contributed by atoms with Crippen molar-refractivity contribution in [3.8, 4) is 0 Å². The van der Waals surface area contributed by atoms with E-state index >= 15 is 0 Å². The lowest BCUT2D eigenvalue weighted by Crippen LogP contribution is -2.06. The predicted molar refractivity (Wildman–Crippen MR) is 68.8 cm³/mol. The summed E-state index contributed by atoms with van der Waals surface area (Å²) >= 11 is 0. The first-order valence-electron chi connectivity index (χ1n) is 5.88. The van der Waals surface area contributed by atoms with E-state index in [9.17, 15) is 5.11 Å². The maximum atomic E-state index is 10.4. The molecule has 0 saturated carbocycles. The van der Waals surface area contributed by atoms with Crippen LogP contribution in [0.1, 0.15) is 42.7 Å². The van der Waals surface area contributed by atoms with Crippen molar-refractivity contribution in [2.45, 2.75) is 25.9 Å². The van der Waals surface area contributed by atoms with Crippen molar-refractivity contribution in [3.05, 3.63) is 65.5 Å². The van der Waals surface area contributed by atoms with Crippen molar-refractivity contribution in [2.24, 2.45) is 0 Å². The topological polar surface area (TPSA) is 33.1 Å². The van der Waals surface area contributed by atoms with Gasteiger partial charge in [0.1, 0.15) is 6.10 Å². The lowest BCUT2D eigenvalue weighted by molar-refractivity contribution is 0.214. The summed E-state index contributed by atoms with van der Waals surface area (Å²) in [5.74, 6) is 0.393. The number of aromatic nitrogens is 1. The third-order valence-electron chi connectivity index (χ3n) is 2.88. The van der Waals surface area contributed by atoms with Crippen LogP contribution in [0, 0.1) is 0 Å². The fourth-order valence-corrected chi connectivity index (χ4v) is 1.98. The molecule has 1 atom stereocenters. The van der Waals surface area contributed by atoms with E-state index in [1.54, 1.807) is 6.20 Å². The van der Waals surface area contributed by atoms with Gasteiger partial charge < -0.3 is 5.11 Å². The first kappa shape index (κ1) is 11.8. The highest BCUT2D eigenvalue weighted by atomic mass is 16.3. The molecule has 0 radical (unpaired) electrons. The van der Waals surface area contributed by atoms with Crippen LogP contribution in [0.5, 0.6) is 0 Å². The molecule has 0 amide bonds. The smallest absolute Gasteiger partial charge is 0.121 e.